The first-order valence-electron chi connectivity index (χ1n) is 10.8. The van der Waals surface area contributed by atoms with Crippen LogP contribution in [-0.2, 0) is 20.4 Å². The normalized spacial score (nSPS) is 18.9. The molecule has 0 saturated carbocycles. The average Bonchev–Trinajstić information content (AvgIpc) is 3.22. The molecule has 1 aromatic heterocycles. The lowest BCUT2D eigenvalue weighted by atomic mass is 10.0. The maximum absolute atomic E-state index is 14.5. The third-order valence-electron chi connectivity index (χ3n) is 5.99. The summed E-state index contributed by atoms with van der Waals surface area (Å²) in [5.74, 6) is -0.000397. The first-order valence-corrected chi connectivity index (χ1v) is 12.9. The van der Waals surface area contributed by atoms with Crippen LogP contribution in [0.3, 0.4) is 0 Å². The van der Waals surface area contributed by atoms with Crippen LogP contribution in [0.15, 0.2) is 67.0 Å². The second kappa shape index (κ2) is 9.68. The summed E-state index contributed by atoms with van der Waals surface area (Å²) in [5, 5.41) is 7.32. The number of benzene rings is 2. The molecule has 33 heavy (non-hydrogen) atoms. The Morgan fingerprint density at radius 2 is 1.94 bits per heavy atom. The third-order valence-corrected chi connectivity index (χ3v) is 9.08. The van der Waals surface area contributed by atoms with Gasteiger partial charge in [0.1, 0.15) is 6.04 Å². The zero-order chi connectivity index (χ0) is 23.6. The lowest BCUT2D eigenvalue weighted by Gasteiger charge is -2.28. The van der Waals surface area contributed by atoms with Gasteiger partial charge in [-0.05, 0) is 65.1 Å². The van der Waals surface area contributed by atoms with Gasteiger partial charge < -0.3 is 15.2 Å². The number of halogens is 1. The Morgan fingerprint density at radius 3 is 2.64 bits per heavy atom. The number of pyridine rings is 1. The fourth-order valence-electron chi connectivity index (χ4n) is 4.18. The summed E-state index contributed by atoms with van der Waals surface area (Å²) in [6.07, 6.45) is 3.35. The standard InChI is InChI=1S/C25H27ClN3O3P/c1-16(2)18-5-4-6-20(13-18)33(31,32-3)24-21-14-19(26)7-8-22(21)29-23(24)25(30)28-15-17-9-11-27-12-10-17/h4-14,16,23-24,29H,15H2,1-3H3,(H,28,30). The number of nitrogens with one attached hydrogen (secondary N) is 2. The van der Waals surface area contributed by atoms with Crippen LogP contribution >= 0.6 is 19.0 Å². The number of aromatic nitrogens is 1. The van der Waals surface area contributed by atoms with Crippen molar-refractivity contribution in [2.45, 2.75) is 38.0 Å². The van der Waals surface area contributed by atoms with Crippen molar-refractivity contribution >= 4 is 35.9 Å². The van der Waals surface area contributed by atoms with Crippen molar-refractivity contribution in [2.75, 3.05) is 12.4 Å². The number of hydrogen-bond donors (Lipinski definition) is 2. The van der Waals surface area contributed by atoms with E-state index in [9.17, 15) is 9.36 Å². The second-order valence-corrected chi connectivity index (χ2v) is 11.5. The van der Waals surface area contributed by atoms with Crippen molar-refractivity contribution in [3.05, 3.63) is 88.7 Å². The van der Waals surface area contributed by atoms with E-state index in [2.05, 4.69) is 29.5 Å². The van der Waals surface area contributed by atoms with Crippen LogP contribution in [0.1, 0.15) is 42.1 Å². The summed E-state index contributed by atoms with van der Waals surface area (Å²) in [5.41, 5.74) is 2.70. The minimum absolute atomic E-state index is 0.262. The highest BCUT2D eigenvalue weighted by Gasteiger charge is 2.49. The molecule has 0 saturated heterocycles. The molecular formula is C25H27ClN3O3P. The van der Waals surface area contributed by atoms with Gasteiger partial charge in [0.25, 0.3) is 0 Å². The minimum atomic E-state index is -3.52. The van der Waals surface area contributed by atoms with Crippen LogP contribution in [-0.4, -0.2) is 24.0 Å². The van der Waals surface area contributed by atoms with Gasteiger partial charge in [0, 0.05) is 42.1 Å². The molecule has 8 heteroatoms. The molecule has 2 heterocycles. The summed E-state index contributed by atoms with van der Waals surface area (Å²) in [6.45, 7) is 4.50. The van der Waals surface area contributed by atoms with Gasteiger partial charge in [-0.3, -0.25) is 14.3 Å². The lowest BCUT2D eigenvalue weighted by molar-refractivity contribution is -0.122. The molecule has 1 aliphatic heterocycles. The molecule has 3 aromatic rings. The highest BCUT2D eigenvalue weighted by molar-refractivity contribution is 7.67. The van der Waals surface area contributed by atoms with E-state index in [-0.39, 0.29) is 11.8 Å². The Morgan fingerprint density at radius 1 is 1.18 bits per heavy atom. The van der Waals surface area contributed by atoms with Gasteiger partial charge in [-0.1, -0.05) is 37.6 Å². The van der Waals surface area contributed by atoms with Gasteiger partial charge in [-0.25, -0.2) is 0 Å². The van der Waals surface area contributed by atoms with E-state index in [1.54, 1.807) is 24.5 Å². The number of carbonyl (C=O) groups is 1. The molecule has 1 amide bonds. The van der Waals surface area contributed by atoms with Crippen molar-refractivity contribution in [1.29, 1.82) is 0 Å². The molecule has 0 fully saturated rings. The van der Waals surface area contributed by atoms with Gasteiger partial charge in [0.2, 0.25) is 13.3 Å². The van der Waals surface area contributed by atoms with E-state index in [1.165, 1.54) is 7.11 Å². The van der Waals surface area contributed by atoms with Gasteiger partial charge in [-0.2, -0.15) is 0 Å². The van der Waals surface area contributed by atoms with Crippen molar-refractivity contribution in [1.82, 2.24) is 10.3 Å². The predicted molar refractivity (Wildman–Crippen MR) is 132 cm³/mol. The zero-order valence-electron chi connectivity index (χ0n) is 18.8. The molecule has 6 nitrogen and oxygen atoms in total. The molecule has 0 radical (unpaired) electrons. The summed E-state index contributed by atoms with van der Waals surface area (Å²) in [4.78, 5) is 17.4. The molecule has 3 atom stereocenters. The zero-order valence-corrected chi connectivity index (χ0v) is 20.4. The van der Waals surface area contributed by atoms with E-state index in [4.69, 9.17) is 16.1 Å². The molecule has 2 N–H and O–H groups in total. The number of hydrogen-bond acceptors (Lipinski definition) is 5. The van der Waals surface area contributed by atoms with E-state index >= 15 is 0 Å². The van der Waals surface area contributed by atoms with Gasteiger partial charge >= 0.3 is 0 Å². The largest absolute Gasteiger partial charge is 0.372 e. The number of amides is 1. The number of fused-ring (bicyclic) bond motifs is 1. The Kier molecular flexibility index (Phi) is 6.89. The Balaban J connectivity index is 1.74. The molecule has 2 aromatic carbocycles. The van der Waals surface area contributed by atoms with Gasteiger partial charge in [0.05, 0.1) is 5.66 Å². The van der Waals surface area contributed by atoms with E-state index < -0.39 is 19.1 Å². The lowest BCUT2D eigenvalue weighted by Crippen LogP contribution is -2.41. The van der Waals surface area contributed by atoms with E-state index in [0.717, 1.165) is 16.8 Å². The Labute approximate surface area is 199 Å². The number of carbonyl (C=O) groups excluding carboxylic acids is 1. The van der Waals surface area contributed by atoms with Crippen molar-refractivity contribution < 1.29 is 13.9 Å². The minimum Gasteiger partial charge on any atom is -0.372 e. The SMILES string of the molecule is COP(=O)(c1cccc(C(C)C)c1)C1c2cc(Cl)ccc2NC1C(=O)NCc1ccncc1. The van der Waals surface area contributed by atoms with E-state index in [1.807, 2.05) is 42.5 Å². The third kappa shape index (κ3) is 4.70. The molecule has 4 rings (SSSR count). The highest BCUT2D eigenvalue weighted by atomic mass is 35.5. The Hall–Kier alpha value is -2.66. The van der Waals surface area contributed by atoms with Crippen LogP contribution in [0.2, 0.25) is 5.02 Å². The van der Waals surface area contributed by atoms with Crippen molar-refractivity contribution in [3.8, 4) is 0 Å². The smallest absolute Gasteiger partial charge is 0.244 e. The molecule has 1 aliphatic rings. The summed E-state index contributed by atoms with van der Waals surface area (Å²) in [6, 6.07) is 15.8. The molecular weight excluding hydrogens is 457 g/mol. The maximum Gasteiger partial charge on any atom is 0.244 e. The summed E-state index contributed by atoms with van der Waals surface area (Å²) in [7, 11) is -2.07. The average molecular weight is 484 g/mol. The number of rotatable bonds is 7. The van der Waals surface area contributed by atoms with Crippen LogP contribution in [0.5, 0.6) is 0 Å². The molecule has 0 aliphatic carbocycles. The molecule has 3 unspecified atom stereocenters. The van der Waals surface area contributed by atoms with Crippen LogP contribution in [0.25, 0.3) is 0 Å². The quantitative estimate of drug-likeness (QED) is 0.448. The molecule has 172 valence electrons. The van der Waals surface area contributed by atoms with Crippen molar-refractivity contribution in [3.63, 3.8) is 0 Å². The molecule has 0 bridgehead atoms. The first kappa shape index (κ1) is 23.5. The van der Waals surface area contributed by atoms with Crippen LogP contribution < -0.4 is 15.9 Å². The first-order chi connectivity index (χ1) is 15.8. The topological polar surface area (TPSA) is 80.3 Å². The summed E-state index contributed by atoms with van der Waals surface area (Å²) < 4.78 is 20.3. The van der Waals surface area contributed by atoms with Gasteiger partial charge in [-0.15, -0.1) is 0 Å². The highest BCUT2D eigenvalue weighted by Crippen LogP contribution is 2.64. The van der Waals surface area contributed by atoms with Gasteiger partial charge in [0.15, 0.2) is 0 Å². The summed E-state index contributed by atoms with van der Waals surface area (Å²) >= 11 is 6.30. The second-order valence-electron chi connectivity index (χ2n) is 8.40. The fraction of sp³-hybridized carbons (Fsp3) is 0.280. The van der Waals surface area contributed by atoms with Crippen LogP contribution in [0, 0.1) is 0 Å². The maximum atomic E-state index is 14.5. The number of anilines is 1. The van der Waals surface area contributed by atoms with Crippen LogP contribution in [0.4, 0.5) is 5.69 Å². The van der Waals surface area contributed by atoms with E-state index in [0.29, 0.717) is 22.4 Å². The Bertz CT molecular complexity index is 1200. The predicted octanol–water partition coefficient (Wildman–Crippen LogP) is 5.26. The monoisotopic (exact) mass is 483 g/mol. The number of nitrogens with zero attached hydrogens (tertiary/aromatic N) is 1. The van der Waals surface area contributed by atoms with Crippen molar-refractivity contribution in [2.24, 2.45) is 0 Å². The fourth-order valence-corrected chi connectivity index (χ4v) is 6.93. The molecule has 0 spiro atoms.